The molecule has 138 valence electrons. The fourth-order valence-electron chi connectivity index (χ4n) is 2.65. The van der Waals surface area contributed by atoms with Crippen molar-refractivity contribution in [2.24, 2.45) is 0 Å². The lowest BCUT2D eigenvalue weighted by molar-refractivity contribution is -0.147. The predicted octanol–water partition coefficient (Wildman–Crippen LogP) is 1.44. The number of hydrogen-bond acceptors (Lipinski definition) is 4. The van der Waals surface area contributed by atoms with Gasteiger partial charge in [-0.1, -0.05) is 42.5 Å². The lowest BCUT2D eigenvalue weighted by atomic mass is 9.97. The second-order valence-corrected chi connectivity index (χ2v) is 5.90. The quantitative estimate of drug-likeness (QED) is 0.592. The number of carbonyl (C=O) groups is 3. The van der Waals surface area contributed by atoms with Crippen molar-refractivity contribution in [3.63, 3.8) is 0 Å². The highest BCUT2D eigenvalue weighted by Gasteiger charge is 2.24. The van der Waals surface area contributed by atoms with Crippen molar-refractivity contribution in [3.05, 3.63) is 48.0 Å². The van der Waals surface area contributed by atoms with Crippen molar-refractivity contribution in [2.75, 3.05) is 13.6 Å². The van der Waals surface area contributed by atoms with Crippen LogP contribution in [-0.2, 0) is 9.59 Å². The number of urea groups is 1. The lowest BCUT2D eigenvalue weighted by Crippen LogP contribution is -2.44. The fourth-order valence-corrected chi connectivity index (χ4v) is 2.65. The number of aliphatic hydroxyl groups is 1. The topological polar surface area (TPSA) is 127 Å². The zero-order valence-corrected chi connectivity index (χ0v) is 14.1. The van der Waals surface area contributed by atoms with Gasteiger partial charge in [-0.2, -0.15) is 0 Å². The van der Waals surface area contributed by atoms with Gasteiger partial charge in [-0.25, -0.2) is 9.59 Å². The van der Waals surface area contributed by atoms with Gasteiger partial charge in [0.2, 0.25) is 0 Å². The number of nitrogens with one attached hydrogen (secondary N) is 1. The van der Waals surface area contributed by atoms with Crippen molar-refractivity contribution in [3.8, 4) is 0 Å². The third-order valence-corrected chi connectivity index (χ3v) is 3.95. The molecular weight excluding hydrogens is 340 g/mol. The van der Waals surface area contributed by atoms with Gasteiger partial charge in [-0.3, -0.25) is 4.79 Å². The first-order valence-corrected chi connectivity index (χ1v) is 7.91. The van der Waals surface area contributed by atoms with Crippen molar-refractivity contribution < 1.29 is 29.7 Å². The minimum Gasteiger partial charge on any atom is -0.481 e. The van der Waals surface area contributed by atoms with Crippen LogP contribution in [0.1, 0.15) is 18.0 Å². The number of amides is 2. The molecule has 0 aromatic heterocycles. The smallest absolute Gasteiger partial charge is 0.334 e. The number of benzene rings is 2. The van der Waals surface area contributed by atoms with Gasteiger partial charge in [-0.05, 0) is 16.3 Å². The van der Waals surface area contributed by atoms with E-state index < -0.39 is 36.7 Å². The van der Waals surface area contributed by atoms with Crippen LogP contribution in [0.2, 0.25) is 0 Å². The average Bonchev–Trinajstić information content (AvgIpc) is 2.60. The maximum absolute atomic E-state index is 12.3. The number of aliphatic carboxylic acids is 2. The molecule has 26 heavy (non-hydrogen) atoms. The molecule has 0 saturated heterocycles. The number of fused-ring (bicyclic) bond motifs is 1. The third kappa shape index (κ3) is 4.70. The Morgan fingerprint density at radius 3 is 2.38 bits per heavy atom. The van der Waals surface area contributed by atoms with Gasteiger partial charge in [0.25, 0.3) is 0 Å². The van der Waals surface area contributed by atoms with Crippen LogP contribution in [-0.4, -0.2) is 57.9 Å². The molecule has 2 unspecified atom stereocenters. The predicted molar refractivity (Wildman–Crippen MR) is 93.7 cm³/mol. The Morgan fingerprint density at radius 2 is 1.73 bits per heavy atom. The van der Waals surface area contributed by atoms with E-state index in [-0.39, 0.29) is 6.42 Å². The Kier molecular flexibility index (Phi) is 6.13. The molecule has 0 aliphatic heterocycles. The van der Waals surface area contributed by atoms with Gasteiger partial charge >= 0.3 is 18.0 Å². The van der Waals surface area contributed by atoms with Crippen molar-refractivity contribution in [1.29, 1.82) is 0 Å². The number of rotatable bonds is 7. The molecule has 0 heterocycles. The summed E-state index contributed by atoms with van der Waals surface area (Å²) in [7, 11) is 1.32. The largest absolute Gasteiger partial charge is 0.481 e. The first-order valence-electron chi connectivity index (χ1n) is 7.91. The van der Waals surface area contributed by atoms with Crippen molar-refractivity contribution in [1.82, 2.24) is 10.2 Å². The zero-order chi connectivity index (χ0) is 19.3. The molecular formula is C18H20N2O6. The molecule has 0 aliphatic rings. The Balaban J connectivity index is 2.26. The molecule has 2 atom stereocenters. The molecule has 8 heteroatoms. The van der Waals surface area contributed by atoms with Crippen LogP contribution < -0.4 is 5.32 Å². The van der Waals surface area contributed by atoms with E-state index in [1.165, 1.54) is 7.05 Å². The SMILES string of the molecule is CN(CC(O)C(=O)O)C(=O)NC(CC(=O)O)c1cccc2ccccc12. The molecule has 2 aromatic rings. The van der Waals surface area contributed by atoms with Crippen LogP contribution in [0.3, 0.4) is 0 Å². The highest BCUT2D eigenvalue weighted by molar-refractivity contribution is 5.87. The number of nitrogens with zero attached hydrogens (tertiary/aromatic N) is 1. The third-order valence-electron chi connectivity index (χ3n) is 3.95. The molecule has 2 amide bonds. The lowest BCUT2D eigenvalue weighted by Gasteiger charge is -2.24. The fraction of sp³-hybridized carbons (Fsp3) is 0.278. The molecule has 4 N–H and O–H groups in total. The van der Waals surface area contributed by atoms with Crippen LogP contribution >= 0.6 is 0 Å². The average molecular weight is 360 g/mol. The number of hydrogen-bond donors (Lipinski definition) is 4. The Bertz CT molecular complexity index is 817. The minimum atomic E-state index is -1.72. The van der Waals surface area contributed by atoms with Crippen molar-refractivity contribution >= 4 is 28.7 Å². The van der Waals surface area contributed by atoms with Crippen LogP contribution in [0.4, 0.5) is 4.79 Å². The second kappa shape index (κ2) is 8.30. The Morgan fingerprint density at radius 1 is 1.08 bits per heavy atom. The maximum atomic E-state index is 12.3. The minimum absolute atomic E-state index is 0.338. The zero-order valence-electron chi connectivity index (χ0n) is 14.1. The van der Waals surface area contributed by atoms with Gasteiger partial charge < -0.3 is 25.5 Å². The maximum Gasteiger partial charge on any atom is 0.334 e. The van der Waals surface area contributed by atoms with Crippen molar-refractivity contribution in [2.45, 2.75) is 18.6 Å². The van der Waals surface area contributed by atoms with Gasteiger partial charge in [0.1, 0.15) is 0 Å². The molecule has 2 aromatic carbocycles. The summed E-state index contributed by atoms with van der Waals surface area (Å²) < 4.78 is 0. The van der Waals surface area contributed by atoms with E-state index in [0.29, 0.717) is 5.56 Å². The van der Waals surface area contributed by atoms with Gasteiger partial charge in [0.05, 0.1) is 19.0 Å². The van der Waals surface area contributed by atoms with E-state index in [9.17, 15) is 24.6 Å². The summed E-state index contributed by atoms with van der Waals surface area (Å²) in [6, 6.07) is 11.3. The van der Waals surface area contributed by atoms with E-state index in [1.54, 1.807) is 12.1 Å². The Labute approximate surface area is 149 Å². The number of carboxylic acids is 2. The summed E-state index contributed by atoms with van der Waals surface area (Å²) in [6.45, 7) is -0.420. The summed E-state index contributed by atoms with van der Waals surface area (Å²) in [5.41, 5.74) is 0.644. The molecule has 0 radical (unpaired) electrons. The highest BCUT2D eigenvalue weighted by Crippen LogP contribution is 2.26. The van der Waals surface area contributed by atoms with E-state index in [2.05, 4.69) is 5.32 Å². The van der Waals surface area contributed by atoms with Crippen LogP contribution in [0.5, 0.6) is 0 Å². The van der Waals surface area contributed by atoms with Crippen LogP contribution in [0.25, 0.3) is 10.8 Å². The molecule has 8 nitrogen and oxygen atoms in total. The molecule has 0 spiro atoms. The summed E-state index contributed by atoms with van der Waals surface area (Å²) in [6.07, 6.45) is -2.06. The number of carbonyl (C=O) groups excluding carboxylic acids is 1. The van der Waals surface area contributed by atoms with Crippen LogP contribution in [0, 0.1) is 0 Å². The number of likely N-dealkylation sites (N-methyl/N-ethyl adjacent to an activating group) is 1. The summed E-state index contributed by atoms with van der Waals surface area (Å²) in [5.74, 6) is -2.53. The molecule has 0 aliphatic carbocycles. The highest BCUT2D eigenvalue weighted by atomic mass is 16.4. The Hall–Kier alpha value is -3.13. The van der Waals surface area contributed by atoms with Gasteiger partial charge in [0.15, 0.2) is 6.10 Å². The summed E-state index contributed by atoms with van der Waals surface area (Å²) >= 11 is 0. The molecule has 0 fully saturated rings. The van der Waals surface area contributed by atoms with E-state index >= 15 is 0 Å². The van der Waals surface area contributed by atoms with Crippen LogP contribution in [0.15, 0.2) is 42.5 Å². The second-order valence-electron chi connectivity index (χ2n) is 5.90. The van der Waals surface area contributed by atoms with Gasteiger partial charge in [0, 0.05) is 7.05 Å². The van der Waals surface area contributed by atoms with E-state index in [4.69, 9.17) is 5.11 Å². The summed E-state index contributed by atoms with van der Waals surface area (Å²) in [4.78, 5) is 35.3. The standard InChI is InChI=1S/C18H20N2O6/c1-20(10-15(21)17(24)25)18(26)19-14(9-16(22)23)13-8-4-6-11-5-2-3-7-12(11)13/h2-8,14-15,21H,9-10H2,1H3,(H,19,26)(H,22,23)(H,24,25). The first-order chi connectivity index (χ1) is 12.3. The molecule has 0 saturated carbocycles. The first kappa shape index (κ1) is 19.2. The van der Waals surface area contributed by atoms with E-state index in [0.717, 1.165) is 15.7 Å². The monoisotopic (exact) mass is 360 g/mol. The normalized spacial score (nSPS) is 13.0. The molecule has 0 bridgehead atoms. The summed E-state index contributed by atoms with van der Waals surface area (Å²) in [5, 5.41) is 31.6. The number of carboxylic acid groups (broad SMARTS) is 2. The van der Waals surface area contributed by atoms with E-state index in [1.807, 2.05) is 30.3 Å². The molecule has 2 rings (SSSR count). The number of aliphatic hydroxyl groups excluding tert-OH is 1. The van der Waals surface area contributed by atoms with Gasteiger partial charge in [-0.15, -0.1) is 0 Å².